The molecular weight excluding hydrogens is 243 g/mol. The second-order valence-electron chi connectivity index (χ2n) is 4.99. The van der Waals surface area contributed by atoms with Crippen molar-refractivity contribution < 1.29 is 9.18 Å². The van der Waals surface area contributed by atoms with Crippen LogP contribution < -0.4 is 10.6 Å². The Hall–Kier alpha value is -1.42. The lowest BCUT2D eigenvalue weighted by atomic mass is 10.1. The maximum absolute atomic E-state index is 12.8. The lowest BCUT2D eigenvalue weighted by molar-refractivity contribution is -0.120. The number of hydrogen-bond donors (Lipinski definition) is 2. The summed E-state index contributed by atoms with van der Waals surface area (Å²) in [7, 11) is 0. The summed E-state index contributed by atoms with van der Waals surface area (Å²) in [5.74, 6) is -0.211. The molecule has 0 heterocycles. The molecule has 0 aliphatic heterocycles. The van der Waals surface area contributed by atoms with Gasteiger partial charge in [0.05, 0.1) is 6.54 Å². The maximum Gasteiger partial charge on any atom is 0.234 e. The second-order valence-corrected chi connectivity index (χ2v) is 4.99. The lowest BCUT2D eigenvalue weighted by Gasteiger charge is -2.16. The minimum atomic E-state index is -0.225. The number of halogens is 1. The van der Waals surface area contributed by atoms with Crippen LogP contribution in [0.2, 0.25) is 0 Å². The van der Waals surface area contributed by atoms with Crippen LogP contribution in [0, 0.1) is 5.82 Å². The highest BCUT2D eigenvalue weighted by Crippen LogP contribution is 2.05. The van der Waals surface area contributed by atoms with Gasteiger partial charge in [-0.05, 0) is 44.4 Å². The summed E-state index contributed by atoms with van der Waals surface area (Å²) in [6.07, 6.45) is 1.70. The van der Waals surface area contributed by atoms with E-state index in [2.05, 4.69) is 10.6 Å². The van der Waals surface area contributed by atoms with Crippen LogP contribution in [0.15, 0.2) is 24.3 Å². The molecule has 4 heteroatoms. The van der Waals surface area contributed by atoms with Gasteiger partial charge in [0.1, 0.15) is 5.82 Å². The predicted octanol–water partition coefficient (Wildman–Crippen LogP) is 2.26. The van der Waals surface area contributed by atoms with E-state index >= 15 is 0 Å². The van der Waals surface area contributed by atoms with Gasteiger partial charge in [0, 0.05) is 12.1 Å². The first-order valence-electron chi connectivity index (χ1n) is 6.78. The molecule has 2 unspecified atom stereocenters. The van der Waals surface area contributed by atoms with Gasteiger partial charge in [-0.25, -0.2) is 4.39 Å². The summed E-state index contributed by atoms with van der Waals surface area (Å²) < 4.78 is 12.8. The molecule has 1 aromatic rings. The highest BCUT2D eigenvalue weighted by molar-refractivity contribution is 5.78. The van der Waals surface area contributed by atoms with Crippen molar-refractivity contribution in [3.63, 3.8) is 0 Å². The smallest absolute Gasteiger partial charge is 0.234 e. The predicted molar refractivity (Wildman–Crippen MR) is 75.5 cm³/mol. The Bertz CT molecular complexity index is 392. The molecule has 0 aliphatic rings. The minimum Gasteiger partial charge on any atom is -0.353 e. The Labute approximate surface area is 114 Å². The zero-order valence-corrected chi connectivity index (χ0v) is 11.9. The van der Waals surface area contributed by atoms with Gasteiger partial charge in [0.15, 0.2) is 0 Å². The van der Waals surface area contributed by atoms with Crippen molar-refractivity contribution in [1.82, 2.24) is 10.6 Å². The fraction of sp³-hybridized carbons (Fsp3) is 0.533. The molecule has 0 fully saturated rings. The highest BCUT2D eigenvalue weighted by atomic mass is 19.1. The van der Waals surface area contributed by atoms with Gasteiger partial charge in [-0.2, -0.15) is 0 Å². The molecule has 2 atom stereocenters. The van der Waals surface area contributed by atoms with Gasteiger partial charge < -0.3 is 10.6 Å². The average molecular weight is 266 g/mol. The molecule has 1 aromatic carbocycles. The molecule has 3 nitrogen and oxygen atoms in total. The summed E-state index contributed by atoms with van der Waals surface area (Å²) in [6.45, 7) is 6.35. The van der Waals surface area contributed by atoms with Crippen molar-refractivity contribution in [2.45, 2.75) is 45.7 Å². The number of carbonyl (C=O) groups is 1. The average Bonchev–Trinajstić information content (AvgIpc) is 2.39. The van der Waals surface area contributed by atoms with E-state index in [1.54, 1.807) is 12.1 Å². The molecular formula is C15H23FN2O. The first-order chi connectivity index (χ1) is 9.01. The first-order valence-corrected chi connectivity index (χ1v) is 6.78. The van der Waals surface area contributed by atoms with E-state index in [1.165, 1.54) is 12.1 Å². The van der Waals surface area contributed by atoms with Crippen LogP contribution >= 0.6 is 0 Å². The Morgan fingerprint density at radius 2 is 1.84 bits per heavy atom. The van der Waals surface area contributed by atoms with E-state index in [0.29, 0.717) is 6.54 Å². The standard InChI is InChI=1S/C15H23FN2O/c1-4-11(2)18-15(19)10-17-12(3)9-13-5-7-14(16)8-6-13/h5-8,11-12,17H,4,9-10H2,1-3H3,(H,18,19). The van der Waals surface area contributed by atoms with Crippen molar-refractivity contribution in [2.24, 2.45) is 0 Å². The minimum absolute atomic E-state index is 0.0142. The zero-order chi connectivity index (χ0) is 14.3. The third-order valence-corrected chi connectivity index (χ3v) is 3.09. The van der Waals surface area contributed by atoms with Gasteiger partial charge in [0.25, 0.3) is 0 Å². The normalized spacial score (nSPS) is 13.9. The first kappa shape index (κ1) is 15.6. The highest BCUT2D eigenvalue weighted by Gasteiger charge is 2.08. The lowest BCUT2D eigenvalue weighted by Crippen LogP contribution is -2.41. The zero-order valence-electron chi connectivity index (χ0n) is 11.9. The van der Waals surface area contributed by atoms with Crippen LogP contribution in [0.1, 0.15) is 32.8 Å². The largest absolute Gasteiger partial charge is 0.353 e. The molecule has 1 rings (SSSR count). The summed E-state index contributed by atoms with van der Waals surface area (Å²) >= 11 is 0. The molecule has 0 bridgehead atoms. The summed E-state index contributed by atoms with van der Waals surface area (Å²) in [5.41, 5.74) is 1.06. The molecule has 0 spiro atoms. The Kier molecular flexibility index (Phi) is 6.50. The van der Waals surface area contributed by atoms with Gasteiger partial charge in [-0.1, -0.05) is 19.1 Å². The Morgan fingerprint density at radius 3 is 2.42 bits per heavy atom. The van der Waals surface area contributed by atoms with Crippen LogP contribution in [0.3, 0.4) is 0 Å². The van der Waals surface area contributed by atoms with E-state index in [1.807, 2.05) is 20.8 Å². The van der Waals surface area contributed by atoms with Crippen molar-refractivity contribution in [1.29, 1.82) is 0 Å². The van der Waals surface area contributed by atoms with E-state index in [-0.39, 0.29) is 23.8 Å². The molecule has 0 saturated heterocycles. The molecule has 2 N–H and O–H groups in total. The molecule has 0 aliphatic carbocycles. The van der Waals surface area contributed by atoms with Gasteiger partial charge in [0.2, 0.25) is 5.91 Å². The fourth-order valence-corrected chi connectivity index (χ4v) is 1.74. The monoisotopic (exact) mass is 266 g/mol. The van der Waals surface area contributed by atoms with Crippen molar-refractivity contribution in [3.8, 4) is 0 Å². The quantitative estimate of drug-likeness (QED) is 0.795. The summed E-state index contributed by atoms with van der Waals surface area (Å²) in [5, 5.41) is 6.07. The Morgan fingerprint density at radius 1 is 1.21 bits per heavy atom. The number of hydrogen-bond acceptors (Lipinski definition) is 2. The molecule has 0 aromatic heterocycles. The number of amides is 1. The second kappa shape index (κ2) is 7.89. The number of nitrogens with one attached hydrogen (secondary N) is 2. The van der Waals surface area contributed by atoms with Gasteiger partial charge in [-0.3, -0.25) is 4.79 Å². The molecule has 0 radical (unpaired) electrons. The van der Waals surface area contributed by atoms with Crippen LogP contribution in [-0.4, -0.2) is 24.5 Å². The number of carbonyl (C=O) groups excluding carboxylic acids is 1. The summed E-state index contributed by atoms with van der Waals surface area (Å²) in [4.78, 5) is 11.6. The molecule has 1 amide bonds. The van der Waals surface area contributed by atoms with E-state index in [9.17, 15) is 9.18 Å². The maximum atomic E-state index is 12.8. The van der Waals surface area contributed by atoms with Crippen LogP contribution in [0.5, 0.6) is 0 Å². The van der Waals surface area contributed by atoms with Crippen molar-refractivity contribution in [3.05, 3.63) is 35.6 Å². The van der Waals surface area contributed by atoms with Crippen molar-refractivity contribution >= 4 is 5.91 Å². The SMILES string of the molecule is CCC(C)NC(=O)CNC(C)Cc1ccc(F)cc1. The van der Waals surface area contributed by atoms with Gasteiger partial charge >= 0.3 is 0 Å². The van der Waals surface area contributed by atoms with E-state index < -0.39 is 0 Å². The number of benzene rings is 1. The van der Waals surface area contributed by atoms with Gasteiger partial charge in [-0.15, -0.1) is 0 Å². The van der Waals surface area contributed by atoms with Crippen LogP contribution in [0.25, 0.3) is 0 Å². The summed E-state index contributed by atoms with van der Waals surface area (Å²) in [6, 6.07) is 6.84. The number of rotatable bonds is 7. The van der Waals surface area contributed by atoms with Crippen LogP contribution in [0.4, 0.5) is 4.39 Å². The molecule has 19 heavy (non-hydrogen) atoms. The Balaban J connectivity index is 2.29. The van der Waals surface area contributed by atoms with E-state index in [0.717, 1.165) is 18.4 Å². The molecule has 0 saturated carbocycles. The third-order valence-electron chi connectivity index (χ3n) is 3.09. The van der Waals surface area contributed by atoms with Crippen molar-refractivity contribution in [2.75, 3.05) is 6.54 Å². The fourth-order valence-electron chi connectivity index (χ4n) is 1.74. The third kappa shape index (κ3) is 6.34. The van der Waals surface area contributed by atoms with E-state index in [4.69, 9.17) is 0 Å². The molecule has 106 valence electrons. The van der Waals surface area contributed by atoms with Crippen LogP contribution in [-0.2, 0) is 11.2 Å². The topological polar surface area (TPSA) is 41.1 Å².